The third kappa shape index (κ3) is 2.38. The van der Waals surface area contributed by atoms with Crippen LogP contribution < -0.4 is 0 Å². The van der Waals surface area contributed by atoms with E-state index in [-0.39, 0.29) is 5.78 Å². The molecule has 0 N–H and O–H groups in total. The Hall–Kier alpha value is -2.48. The third-order valence-corrected chi connectivity index (χ3v) is 3.16. The van der Waals surface area contributed by atoms with Crippen LogP contribution in [0.4, 0.5) is 0 Å². The largest absolute Gasteiger partial charge is 0.294 e. The van der Waals surface area contributed by atoms with Crippen LogP contribution in [0.1, 0.15) is 15.9 Å². The minimum absolute atomic E-state index is 0.129. The number of fused-ring (bicyclic) bond motifs is 1. The Balaban J connectivity index is 1.98. The Kier molecular flexibility index (Phi) is 3.07. The fourth-order valence-corrected chi connectivity index (χ4v) is 2.22. The van der Waals surface area contributed by atoms with Crippen molar-refractivity contribution in [2.45, 2.75) is 6.42 Å². The molecular weight excluding hydrogens is 234 g/mol. The number of pyridine rings is 1. The molecule has 0 bridgehead atoms. The van der Waals surface area contributed by atoms with Crippen molar-refractivity contribution < 1.29 is 4.79 Å². The van der Waals surface area contributed by atoms with E-state index in [0.29, 0.717) is 6.42 Å². The molecule has 0 aliphatic carbocycles. The van der Waals surface area contributed by atoms with Gasteiger partial charge in [0.25, 0.3) is 0 Å². The van der Waals surface area contributed by atoms with Crippen LogP contribution >= 0.6 is 0 Å². The summed E-state index contributed by atoms with van der Waals surface area (Å²) >= 11 is 0. The highest BCUT2D eigenvalue weighted by molar-refractivity contribution is 6.07. The van der Waals surface area contributed by atoms with E-state index in [1.165, 1.54) is 0 Å². The van der Waals surface area contributed by atoms with Gasteiger partial charge in [0.05, 0.1) is 5.52 Å². The standard InChI is InChI=1S/C17H13NO/c19-17(12-13-6-2-1-3-7-13)15-10-11-18-16-9-5-4-8-14(15)16/h1-11H,12H2. The van der Waals surface area contributed by atoms with Crippen LogP contribution in [0.3, 0.4) is 0 Å². The van der Waals surface area contributed by atoms with E-state index < -0.39 is 0 Å². The molecule has 0 spiro atoms. The van der Waals surface area contributed by atoms with Gasteiger partial charge in [-0.3, -0.25) is 9.78 Å². The summed E-state index contributed by atoms with van der Waals surface area (Å²) in [7, 11) is 0. The zero-order valence-electron chi connectivity index (χ0n) is 10.4. The third-order valence-electron chi connectivity index (χ3n) is 3.16. The van der Waals surface area contributed by atoms with Gasteiger partial charge in [-0.25, -0.2) is 0 Å². The maximum Gasteiger partial charge on any atom is 0.167 e. The van der Waals surface area contributed by atoms with E-state index in [0.717, 1.165) is 22.0 Å². The highest BCUT2D eigenvalue weighted by Gasteiger charge is 2.10. The number of carbonyl (C=O) groups excluding carboxylic acids is 1. The van der Waals surface area contributed by atoms with Crippen molar-refractivity contribution in [3.63, 3.8) is 0 Å². The van der Waals surface area contributed by atoms with Crippen LogP contribution in [0.25, 0.3) is 10.9 Å². The van der Waals surface area contributed by atoms with Gasteiger partial charge in [-0.15, -0.1) is 0 Å². The van der Waals surface area contributed by atoms with Crippen molar-refractivity contribution in [3.05, 3.63) is 78.0 Å². The maximum absolute atomic E-state index is 12.4. The average Bonchev–Trinajstić information content (AvgIpc) is 2.47. The first-order valence-electron chi connectivity index (χ1n) is 6.25. The van der Waals surface area contributed by atoms with Gasteiger partial charge < -0.3 is 0 Å². The quantitative estimate of drug-likeness (QED) is 0.661. The molecule has 3 aromatic rings. The second-order valence-corrected chi connectivity index (χ2v) is 4.46. The molecule has 0 aliphatic rings. The first-order valence-corrected chi connectivity index (χ1v) is 6.25. The Morgan fingerprint density at radius 2 is 1.63 bits per heavy atom. The normalized spacial score (nSPS) is 10.5. The Morgan fingerprint density at radius 1 is 0.895 bits per heavy atom. The van der Waals surface area contributed by atoms with Gasteiger partial charge in [-0.1, -0.05) is 48.5 Å². The number of rotatable bonds is 3. The van der Waals surface area contributed by atoms with E-state index in [4.69, 9.17) is 0 Å². The predicted octanol–water partition coefficient (Wildman–Crippen LogP) is 3.66. The first kappa shape index (κ1) is 11.6. The zero-order valence-corrected chi connectivity index (χ0v) is 10.4. The van der Waals surface area contributed by atoms with Crippen LogP contribution in [0.15, 0.2) is 66.9 Å². The maximum atomic E-state index is 12.4. The number of hydrogen-bond donors (Lipinski definition) is 0. The molecule has 0 saturated heterocycles. The van der Waals surface area contributed by atoms with Gasteiger partial charge in [0.15, 0.2) is 5.78 Å². The monoisotopic (exact) mass is 247 g/mol. The molecule has 2 aromatic carbocycles. The Labute approximate surface area is 111 Å². The van der Waals surface area contributed by atoms with Crippen LogP contribution in [0.5, 0.6) is 0 Å². The van der Waals surface area contributed by atoms with Crippen molar-refractivity contribution in [1.29, 1.82) is 0 Å². The van der Waals surface area contributed by atoms with Gasteiger partial charge in [0, 0.05) is 23.6 Å². The number of nitrogens with zero attached hydrogens (tertiary/aromatic N) is 1. The lowest BCUT2D eigenvalue weighted by Gasteiger charge is -2.05. The summed E-state index contributed by atoms with van der Waals surface area (Å²) < 4.78 is 0. The van der Waals surface area contributed by atoms with E-state index in [2.05, 4.69) is 4.98 Å². The lowest BCUT2D eigenvalue weighted by atomic mass is 10.00. The van der Waals surface area contributed by atoms with Gasteiger partial charge in [-0.05, 0) is 17.7 Å². The number of Topliss-reactive ketones (excluding diaryl/α,β-unsaturated/α-hetero) is 1. The second-order valence-electron chi connectivity index (χ2n) is 4.46. The molecule has 0 saturated carbocycles. The highest BCUT2D eigenvalue weighted by atomic mass is 16.1. The number of benzene rings is 2. The molecule has 2 heteroatoms. The zero-order chi connectivity index (χ0) is 13.1. The second kappa shape index (κ2) is 5.02. The molecule has 1 heterocycles. The van der Waals surface area contributed by atoms with Crippen molar-refractivity contribution >= 4 is 16.7 Å². The minimum atomic E-state index is 0.129. The lowest BCUT2D eigenvalue weighted by molar-refractivity contribution is 0.0994. The molecular formula is C17H13NO. The minimum Gasteiger partial charge on any atom is -0.294 e. The summed E-state index contributed by atoms with van der Waals surface area (Å²) in [6.07, 6.45) is 2.12. The number of ketones is 1. The van der Waals surface area contributed by atoms with Crippen molar-refractivity contribution in [2.24, 2.45) is 0 Å². The average molecular weight is 247 g/mol. The van der Waals surface area contributed by atoms with E-state index in [1.54, 1.807) is 12.3 Å². The molecule has 3 rings (SSSR count). The molecule has 0 amide bonds. The van der Waals surface area contributed by atoms with Crippen LogP contribution in [-0.2, 0) is 6.42 Å². The molecule has 1 aromatic heterocycles. The van der Waals surface area contributed by atoms with Crippen molar-refractivity contribution in [1.82, 2.24) is 4.98 Å². The summed E-state index contributed by atoms with van der Waals surface area (Å²) in [5.74, 6) is 0.129. The molecule has 0 unspecified atom stereocenters. The fraction of sp³-hybridized carbons (Fsp3) is 0.0588. The SMILES string of the molecule is O=C(Cc1ccccc1)c1ccnc2ccccc12. The summed E-state index contributed by atoms with van der Waals surface area (Å²) in [6, 6.07) is 19.3. The van der Waals surface area contributed by atoms with Crippen LogP contribution in [0, 0.1) is 0 Å². The van der Waals surface area contributed by atoms with E-state index in [9.17, 15) is 4.79 Å². The Bertz CT molecular complexity index is 714. The molecule has 2 nitrogen and oxygen atoms in total. The molecule has 92 valence electrons. The summed E-state index contributed by atoms with van der Waals surface area (Å²) in [6.45, 7) is 0. The number of aromatic nitrogens is 1. The predicted molar refractivity (Wildman–Crippen MR) is 76.2 cm³/mol. The summed E-state index contributed by atoms with van der Waals surface area (Å²) in [5, 5.41) is 0.922. The smallest absolute Gasteiger partial charge is 0.167 e. The molecule has 0 radical (unpaired) electrons. The summed E-state index contributed by atoms with van der Waals surface area (Å²) in [5.41, 5.74) is 2.64. The lowest BCUT2D eigenvalue weighted by Crippen LogP contribution is -2.04. The number of carbonyl (C=O) groups is 1. The van der Waals surface area contributed by atoms with Gasteiger partial charge in [0.1, 0.15) is 0 Å². The van der Waals surface area contributed by atoms with E-state index >= 15 is 0 Å². The van der Waals surface area contributed by atoms with Crippen LogP contribution in [-0.4, -0.2) is 10.8 Å². The van der Waals surface area contributed by atoms with Crippen LogP contribution in [0.2, 0.25) is 0 Å². The number of hydrogen-bond acceptors (Lipinski definition) is 2. The van der Waals surface area contributed by atoms with E-state index in [1.807, 2.05) is 54.6 Å². The van der Waals surface area contributed by atoms with Gasteiger partial charge in [-0.2, -0.15) is 0 Å². The molecule has 0 aliphatic heterocycles. The topological polar surface area (TPSA) is 30.0 Å². The van der Waals surface area contributed by atoms with Gasteiger partial charge >= 0.3 is 0 Å². The van der Waals surface area contributed by atoms with Gasteiger partial charge in [0.2, 0.25) is 0 Å². The molecule has 0 atom stereocenters. The molecule has 0 fully saturated rings. The Morgan fingerprint density at radius 3 is 2.47 bits per heavy atom. The number of para-hydroxylation sites is 1. The summed E-state index contributed by atoms with van der Waals surface area (Å²) in [4.78, 5) is 16.7. The van der Waals surface area contributed by atoms with Crippen molar-refractivity contribution in [3.8, 4) is 0 Å². The fourth-order valence-electron chi connectivity index (χ4n) is 2.22. The van der Waals surface area contributed by atoms with Crippen molar-refractivity contribution in [2.75, 3.05) is 0 Å². The molecule has 19 heavy (non-hydrogen) atoms. The highest BCUT2D eigenvalue weighted by Crippen LogP contribution is 2.18. The first-order chi connectivity index (χ1) is 9.34.